The third kappa shape index (κ3) is 4.09. The fourth-order valence-electron chi connectivity index (χ4n) is 3.27. The number of carbonyl (C=O) groups excluding carboxylic acids is 2. The molecule has 0 aliphatic carbocycles. The molecule has 2 saturated heterocycles. The first-order valence-electron chi connectivity index (χ1n) is 7.23. The molecular formula is C14H24ClNO4. The Hall–Kier alpha value is -0.810. The predicted octanol–water partition coefficient (Wildman–Crippen LogP) is 1.68. The van der Waals surface area contributed by atoms with E-state index in [-0.39, 0.29) is 48.3 Å². The number of esters is 2. The highest BCUT2D eigenvalue weighted by molar-refractivity contribution is 5.85. The van der Waals surface area contributed by atoms with Crippen LogP contribution in [0, 0.1) is 11.8 Å². The second-order valence-electron chi connectivity index (χ2n) is 5.40. The number of hydrogen-bond acceptors (Lipinski definition) is 5. The van der Waals surface area contributed by atoms with Gasteiger partial charge >= 0.3 is 11.9 Å². The molecule has 116 valence electrons. The topological polar surface area (TPSA) is 64.6 Å². The van der Waals surface area contributed by atoms with Gasteiger partial charge in [0, 0.05) is 12.1 Å². The minimum atomic E-state index is -0.0893. The molecule has 2 fully saturated rings. The lowest BCUT2D eigenvalue weighted by Gasteiger charge is -2.42. The molecule has 6 heteroatoms. The summed E-state index contributed by atoms with van der Waals surface area (Å²) in [5, 5.41) is 3.49. The van der Waals surface area contributed by atoms with Gasteiger partial charge < -0.3 is 14.8 Å². The molecule has 2 aliphatic heterocycles. The lowest BCUT2D eigenvalue weighted by molar-refractivity contribution is -0.152. The van der Waals surface area contributed by atoms with Crippen LogP contribution in [0.15, 0.2) is 0 Å². The van der Waals surface area contributed by atoms with Crippen molar-refractivity contribution in [2.75, 3.05) is 13.2 Å². The average Bonchev–Trinajstić information content (AvgIpc) is 2.38. The fourth-order valence-corrected chi connectivity index (χ4v) is 3.27. The largest absolute Gasteiger partial charge is 0.466 e. The zero-order valence-corrected chi connectivity index (χ0v) is 12.9. The maximum Gasteiger partial charge on any atom is 0.309 e. The summed E-state index contributed by atoms with van der Waals surface area (Å²) >= 11 is 0. The second-order valence-corrected chi connectivity index (χ2v) is 5.40. The van der Waals surface area contributed by atoms with Gasteiger partial charge in [-0.3, -0.25) is 9.59 Å². The van der Waals surface area contributed by atoms with E-state index in [2.05, 4.69) is 5.32 Å². The van der Waals surface area contributed by atoms with Crippen molar-refractivity contribution in [2.45, 2.75) is 51.6 Å². The summed E-state index contributed by atoms with van der Waals surface area (Å²) in [7, 11) is 0. The first kappa shape index (κ1) is 17.2. The van der Waals surface area contributed by atoms with E-state index in [0.29, 0.717) is 13.2 Å². The van der Waals surface area contributed by atoms with Crippen molar-refractivity contribution >= 4 is 24.3 Å². The van der Waals surface area contributed by atoms with E-state index in [1.54, 1.807) is 0 Å². The molecule has 0 radical (unpaired) electrons. The number of hydrogen-bond donors (Lipinski definition) is 1. The Bertz CT molecular complexity index is 306. The van der Waals surface area contributed by atoms with Gasteiger partial charge in [-0.1, -0.05) is 0 Å². The molecule has 0 spiro atoms. The fraction of sp³-hybridized carbons (Fsp3) is 0.857. The normalized spacial score (nSPS) is 31.9. The predicted molar refractivity (Wildman–Crippen MR) is 76.7 cm³/mol. The number of nitrogens with one attached hydrogen (secondary N) is 1. The van der Waals surface area contributed by atoms with Crippen LogP contribution in [0.4, 0.5) is 0 Å². The molecule has 0 amide bonds. The van der Waals surface area contributed by atoms with Crippen LogP contribution >= 0.6 is 12.4 Å². The highest BCUT2D eigenvalue weighted by atomic mass is 35.5. The van der Waals surface area contributed by atoms with Crippen LogP contribution < -0.4 is 5.32 Å². The van der Waals surface area contributed by atoms with E-state index in [1.165, 1.54) is 0 Å². The summed E-state index contributed by atoms with van der Waals surface area (Å²) in [6, 6.07) is 0.465. The first-order chi connectivity index (χ1) is 9.13. The van der Waals surface area contributed by atoms with Gasteiger partial charge in [0.15, 0.2) is 0 Å². The molecule has 0 aromatic heterocycles. The van der Waals surface area contributed by atoms with Crippen LogP contribution in [-0.4, -0.2) is 37.2 Å². The van der Waals surface area contributed by atoms with Crippen molar-refractivity contribution in [3.8, 4) is 0 Å². The Morgan fingerprint density at radius 2 is 1.25 bits per heavy atom. The highest BCUT2D eigenvalue weighted by Gasteiger charge is 2.41. The third-order valence-electron chi connectivity index (χ3n) is 3.99. The van der Waals surface area contributed by atoms with E-state index < -0.39 is 0 Å². The summed E-state index contributed by atoms with van der Waals surface area (Å²) in [6.45, 7) is 4.53. The second kappa shape index (κ2) is 7.84. The Kier molecular flexibility index (Phi) is 6.76. The van der Waals surface area contributed by atoms with Gasteiger partial charge in [0.05, 0.1) is 25.0 Å². The number of piperidine rings is 2. The highest BCUT2D eigenvalue weighted by Crippen LogP contribution is 2.34. The third-order valence-corrected chi connectivity index (χ3v) is 3.99. The number of carbonyl (C=O) groups is 2. The summed E-state index contributed by atoms with van der Waals surface area (Å²) in [4.78, 5) is 23.6. The van der Waals surface area contributed by atoms with Crippen molar-refractivity contribution < 1.29 is 19.1 Å². The quantitative estimate of drug-likeness (QED) is 0.801. The zero-order chi connectivity index (χ0) is 13.8. The van der Waals surface area contributed by atoms with Gasteiger partial charge in [-0.2, -0.15) is 0 Å². The van der Waals surface area contributed by atoms with Gasteiger partial charge in [-0.05, 0) is 39.5 Å². The van der Waals surface area contributed by atoms with E-state index in [4.69, 9.17) is 9.47 Å². The van der Waals surface area contributed by atoms with Gasteiger partial charge in [0.25, 0.3) is 0 Å². The molecule has 0 unspecified atom stereocenters. The minimum Gasteiger partial charge on any atom is -0.466 e. The van der Waals surface area contributed by atoms with Gasteiger partial charge in [-0.25, -0.2) is 0 Å². The Morgan fingerprint density at radius 3 is 1.55 bits per heavy atom. The standard InChI is InChI=1S/C14H23NO4.ClH/c1-3-18-13(16)9-5-11-7-10(14(17)19-4-2)8-12(6-9)15-11;/h9-12,15H,3-8H2,1-2H3;1H. The van der Waals surface area contributed by atoms with Gasteiger partial charge in [0.1, 0.15) is 0 Å². The monoisotopic (exact) mass is 305 g/mol. The molecule has 5 nitrogen and oxygen atoms in total. The number of ether oxygens (including phenoxy) is 2. The number of halogens is 1. The van der Waals surface area contributed by atoms with Crippen LogP contribution in [0.3, 0.4) is 0 Å². The van der Waals surface area contributed by atoms with E-state index in [0.717, 1.165) is 25.7 Å². The SMILES string of the molecule is CCOC(=O)C1CC2CC(C(=O)OCC)CC(C1)N2.Cl. The molecule has 2 heterocycles. The van der Waals surface area contributed by atoms with Crippen LogP contribution in [0.2, 0.25) is 0 Å². The van der Waals surface area contributed by atoms with Gasteiger partial charge in [-0.15, -0.1) is 12.4 Å². The molecule has 2 bridgehead atoms. The van der Waals surface area contributed by atoms with Crippen LogP contribution in [0.25, 0.3) is 0 Å². The van der Waals surface area contributed by atoms with E-state index in [9.17, 15) is 9.59 Å². The maximum atomic E-state index is 11.8. The summed E-state index contributed by atoms with van der Waals surface area (Å²) < 4.78 is 10.2. The maximum absolute atomic E-state index is 11.8. The van der Waals surface area contributed by atoms with E-state index in [1.807, 2.05) is 13.8 Å². The molecule has 1 N–H and O–H groups in total. The molecule has 2 aliphatic rings. The molecule has 0 saturated carbocycles. The average molecular weight is 306 g/mol. The minimum absolute atomic E-state index is 0. The first-order valence-corrected chi connectivity index (χ1v) is 7.23. The zero-order valence-electron chi connectivity index (χ0n) is 12.1. The molecule has 0 aromatic carbocycles. The molecule has 0 atom stereocenters. The van der Waals surface area contributed by atoms with Crippen molar-refractivity contribution in [2.24, 2.45) is 11.8 Å². The Labute approximate surface area is 126 Å². The lowest BCUT2D eigenvalue weighted by atomic mass is 9.76. The summed E-state index contributed by atoms with van der Waals surface area (Å²) in [6.07, 6.45) is 3.08. The van der Waals surface area contributed by atoms with Crippen molar-refractivity contribution in [1.29, 1.82) is 0 Å². The number of fused-ring (bicyclic) bond motifs is 2. The van der Waals surface area contributed by atoms with Crippen LogP contribution in [0.1, 0.15) is 39.5 Å². The lowest BCUT2D eigenvalue weighted by Crippen LogP contribution is -2.53. The molecule has 20 heavy (non-hydrogen) atoms. The molecule has 2 rings (SSSR count). The van der Waals surface area contributed by atoms with Crippen molar-refractivity contribution in [1.82, 2.24) is 5.32 Å². The Morgan fingerprint density at radius 1 is 0.900 bits per heavy atom. The van der Waals surface area contributed by atoms with E-state index >= 15 is 0 Å². The van der Waals surface area contributed by atoms with Crippen LogP contribution in [-0.2, 0) is 19.1 Å². The molecule has 0 aromatic rings. The summed E-state index contributed by atoms with van der Waals surface area (Å²) in [5.41, 5.74) is 0. The van der Waals surface area contributed by atoms with Gasteiger partial charge in [0.2, 0.25) is 0 Å². The van der Waals surface area contributed by atoms with Crippen molar-refractivity contribution in [3.63, 3.8) is 0 Å². The smallest absolute Gasteiger partial charge is 0.309 e. The number of rotatable bonds is 4. The molecular weight excluding hydrogens is 282 g/mol. The van der Waals surface area contributed by atoms with Crippen LogP contribution in [0.5, 0.6) is 0 Å². The van der Waals surface area contributed by atoms with Crippen molar-refractivity contribution in [3.05, 3.63) is 0 Å². The summed E-state index contributed by atoms with van der Waals surface area (Å²) in [5.74, 6) is -0.208. The Balaban J connectivity index is 0.00000200.